The third-order valence-corrected chi connectivity index (χ3v) is 5.56. The van der Waals surface area contributed by atoms with Gasteiger partial charge in [0.05, 0.1) is 5.69 Å². The first-order valence-corrected chi connectivity index (χ1v) is 11.2. The number of benzene rings is 2. The monoisotopic (exact) mass is 458 g/mol. The molecule has 2 aromatic heterocycles. The molecule has 0 radical (unpaired) electrons. The van der Waals surface area contributed by atoms with Gasteiger partial charge in [-0.25, -0.2) is 9.97 Å². The van der Waals surface area contributed by atoms with Crippen LogP contribution in [-0.2, 0) is 13.0 Å². The van der Waals surface area contributed by atoms with Crippen molar-refractivity contribution in [3.05, 3.63) is 95.3 Å². The van der Waals surface area contributed by atoms with E-state index in [1.165, 1.54) is 5.56 Å². The number of rotatable bonds is 8. The SMILES string of the molecule is C[C@H](Cc1cccc(CN)c1)Nc1nccc(N(C)c2cc(Cl)nc(-c3ccccc3)c2)n1. The summed E-state index contributed by atoms with van der Waals surface area (Å²) in [5.74, 6) is 1.33. The second-order valence-electron chi connectivity index (χ2n) is 7.97. The van der Waals surface area contributed by atoms with Crippen LogP contribution in [0.3, 0.4) is 0 Å². The van der Waals surface area contributed by atoms with Crippen LogP contribution in [0.15, 0.2) is 79.0 Å². The third kappa shape index (κ3) is 5.86. The molecule has 0 spiro atoms. The molecule has 0 saturated heterocycles. The van der Waals surface area contributed by atoms with Crippen LogP contribution in [0.5, 0.6) is 0 Å². The van der Waals surface area contributed by atoms with E-state index < -0.39 is 0 Å². The first-order valence-electron chi connectivity index (χ1n) is 10.9. The Balaban J connectivity index is 1.51. The van der Waals surface area contributed by atoms with Crippen LogP contribution in [0.4, 0.5) is 17.5 Å². The topological polar surface area (TPSA) is 80.0 Å². The average Bonchev–Trinajstić information content (AvgIpc) is 2.84. The minimum Gasteiger partial charge on any atom is -0.351 e. The van der Waals surface area contributed by atoms with Gasteiger partial charge in [0.1, 0.15) is 11.0 Å². The fourth-order valence-corrected chi connectivity index (χ4v) is 3.88. The van der Waals surface area contributed by atoms with Gasteiger partial charge in [-0.3, -0.25) is 0 Å². The smallest absolute Gasteiger partial charge is 0.224 e. The summed E-state index contributed by atoms with van der Waals surface area (Å²) in [6, 6.07) is 24.2. The quantitative estimate of drug-likeness (QED) is 0.341. The second-order valence-corrected chi connectivity index (χ2v) is 8.36. The van der Waals surface area contributed by atoms with Gasteiger partial charge in [-0.1, -0.05) is 66.2 Å². The molecule has 0 amide bonds. The third-order valence-electron chi connectivity index (χ3n) is 5.36. The summed E-state index contributed by atoms with van der Waals surface area (Å²) in [6.45, 7) is 2.65. The van der Waals surface area contributed by atoms with Gasteiger partial charge in [-0.15, -0.1) is 0 Å². The van der Waals surface area contributed by atoms with Crippen molar-refractivity contribution in [2.75, 3.05) is 17.3 Å². The Labute approximate surface area is 199 Å². The van der Waals surface area contributed by atoms with Gasteiger partial charge in [0, 0.05) is 37.1 Å². The van der Waals surface area contributed by atoms with Crippen molar-refractivity contribution in [2.45, 2.75) is 25.9 Å². The highest BCUT2D eigenvalue weighted by atomic mass is 35.5. The minimum absolute atomic E-state index is 0.152. The zero-order valence-electron chi connectivity index (χ0n) is 18.7. The van der Waals surface area contributed by atoms with Gasteiger partial charge in [-0.2, -0.15) is 4.98 Å². The van der Waals surface area contributed by atoms with Crippen LogP contribution in [0, 0.1) is 0 Å². The molecule has 4 rings (SSSR count). The zero-order chi connectivity index (χ0) is 23.2. The van der Waals surface area contributed by atoms with Crippen LogP contribution >= 0.6 is 11.6 Å². The van der Waals surface area contributed by atoms with Crippen LogP contribution in [0.1, 0.15) is 18.1 Å². The number of nitrogens with zero attached hydrogens (tertiary/aromatic N) is 4. The van der Waals surface area contributed by atoms with Gasteiger partial charge in [0.25, 0.3) is 0 Å². The van der Waals surface area contributed by atoms with Crippen LogP contribution in [0.2, 0.25) is 5.15 Å². The first kappa shape index (κ1) is 22.7. The van der Waals surface area contributed by atoms with Crippen molar-refractivity contribution in [2.24, 2.45) is 5.73 Å². The highest BCUT2D eigenvalue weighted by Gasteiger charge is 2.12. The Bertz CT molecular complexity index is 1210. The molecule has 0 fully saturated rings. The largest absolute Gasteiger partial charge is 0.351 e. The Hall–Kier alpha value is -3.48. The molecule has 0 saturated carbocycles. The number of hydrogen-bond donors (Lipinski definition) is 2. The van der Waals surface area contributed by atoms with Crippen molar-refractivity contribution in [1.29, 1.82) is 0 Å². The molecular formula is C26H27ClN6. The van der Waals surface area contributed by atoms with E-state index in [2.05, 4.69) is 34.3 Å². The van der Waals surface area contributed by atoms with Gasteiger partial charge in [0.2, 0.25) is 5.95 Å². The lowest BCUT2D eigenvalue weighted by Gasteiger charge is -2.21. The van der Waals surface area contributed by atoms with E-state index in [-0.39, 0.29) is 6.04 Å². The molecule has 0 bridgehead atoms. The normalized spacial score (nSPS) is 11.8. The maximum Gasteiger partial charge on any atom is 0.224 e. The lowest BCUT2D eigenvalue weighted by Crippen LogP contribution is -2.21. The van der Waals surface area contributed by atoms with Gasteiger partial charge in [0.15, 0.2) is 0 Å². The van der Waals surface area contributed by atoms with Crippen molar-refractivity contribution in [3.63, 3.8) is 0 Å². The van der Waals surface area contributed by atoms with E-state index in [1.54, 1.807) is 6.20 Å². The number of aromatic nitrogens is 3. The van der Waals surface area contributed by atoms with Gasteiger partial charge >= 0.3 is 0 Å². The molecule has 0 unspecified atom stereocenters. The predicted molar refractivity (Wildman–Crippen MR) is 136 cm³/mol. The molecule has 4 aromatic rings. The van der Waals surface area contributed by atoms with E-state index in [0.29, 0.717) is 17.6 Å². The van der Waals surface area contributed by atoms with Crippen molar-refractivity contribution >= 4 is 29.1 Å². The number of nitrogens with one attached hydrogen (secondary N) is 1. The second kappa shape index (κ2) is 10.4. The van der Waals surface area contributed by atoms with E-state index in [1.807, 2.05) is 72.6 Å². The minimum atomic E-state index is 0.152. The summed E-state index contributed by atoms with van der Waals surface area (Å²) >= 11 is 6.34. The van der Waals surface area contributed by atoms with E-state index in [0.717, 1.165) is 34.7 Å². The molecule has 0 aliphatic rings. The van der Waals surface area contributed by atoms with Crippen LogP contribution in [-0.4, -0.2) is 28.0 Å². The van der Waals surface area contributed by atoms with Crippen molar-refractivity contribution < 1.29 is 0 Å². The van der Waals surface area contributed by atoms with Crippen LogP contribution in [0.25, 0.3) is 11.3 Å². The summed E-state index contributed by atoms with van der Waals surface area (Å²) in [5, 5.41) is 3.83. The first-order chi connectivity index (χ1) is 16.0. The van der Waals surface area contributed by atoms with Crippen molar-refractivity contribution in [1.82, 2.24) is 15.0 Å². The average molecular weight is 459 g/mol. The van der Waals surface area contributed by atoms with E-state index in [9.17, 15) is 0 Å². The number of halogens is 1. The zero-order valence-corrected chi connectivity index (χ0v) is 19.5. The molecular weight excluding hydrogens is 432 g/mol. The number of pyridine rings is 1. The number of anilines is 3. The molecule has 7 heteroatoms. The van der Waals surface area contributed by atoms with E-state index >= 15 is 0 Å². The molecule has 33 heavy (non-hydrogen) atoms. The maximum absolute atomic E-state index is 6.34. The Morgan fingerprint density at radius 2 is 1.76 bits per heavy atom. The summed E-state index contributed by atoms with van der Waals surface area (Å²) in [5.41, 5.74) is 10.8. The maximum atomic E-state index is 6.34. The highest BCUT2D eigenvalue weighted by molar-refractivity contribution is 6.29. The van der Waals surface area contributed by atoms with Gasteiger partial charge < -0.3 is 16.0 Å². The van der Waals surface area contributed by atoms with E-state index in [4.69, 9.17) is 22.3 Å². The molecule has 6 nitrogen and oxygen atoms in total. The molecule has 2 aromatic carbocycles. The highest BCUT2D eigenvalue weighted by Crippen LogP contribution is 2.29. The Kier molecular flexibility index (Phi) is 7.17. The molecule has 168 valence electrons. The predicted octanol–water partition coefficient (Wildman–Crippen LogP) is 5.46. The molecule has 2 heterocycles. The molecule has 3 N–H and O–H groups in total. The standard InChI is InChI=1S/C26H27ClN6/c1-18(13-19-7-6-8-20(14-19)17-28)30-26-29-12-11-25(32-26)33(2)22-15-23(31-24(27)16-22)21-9-4-3-5-10-21/h3-12,14-16,18H,13,17,28H2,1-2H3,(H,29,30,32)/t18-/m1/s1. The molecule has 0 aliphatic carbocycles. The number of hydrogen-bond acceptors (Lipinski definition) is 6. The fourth-order valence-electron chi connectivity index (χ4n) is 3.68. The van der Waals surface area contributed by atoms with Crippen molar-refractivity contribution in [3.8, 4) is 11.3 Å². The Morgan fingerprint density at radius 3 is 2.55 bits per heavy atom. The summed E-state index contributed by atoms with van der Waals surface area (Å²) in [6.07, 6.45) is 2.60. The lowest BCUT2D eigenvalue weighted by molar-refractivity contribution is 0.775. The summed E-state index contributed by atoms with van der Waals surface area (Å²) < 4.78 is 0. The fraction of sp³-hybridized carbons (Fsp3) is 0.192. The molecule has 1 atom stereocenters. The molecule has 0 aliphatic heterocycles. The summed E-state index contributed by atoms with van der Waals surface area (Å²) in [7, 11) is 1.95. The van der Waals surface area contributed by atoms with Crippen LogP contribution < -0.4 is 16.0 Å². The Morgan fingerprint density at radius 1 is 0.970 bits per heavy atom. The van der Waals surface area contributed by atoms with Gasteiger partial charge in [-0.05, 0) is 42.7 Å². The lowest BCUT2D eigenvalue weighted by atomic mass is 10.0. The summed E-state index contributed by atoms with van der Waals surface area (Å²) in [4.78, 5) is 15.6. The number of nitrogens with two attached hydrogens (primary N) is 1.